The molecule has 0 fully saturated rings. The van der Waals surface area contributed by atoms with Crippen LogP contribution in [0, 0.1) is 0 Å². The number of carbonyl (C=O) groups is 1. The molecule has 1 heterocycles. The molecule has 0 aliphatic heterocycles. The minimum atomic E-state index is -0.251. The Morgan fingerprint density at radius 1 is 1.10 bits per heavy atom. The fraction of sp³-hybridized carbons (Fsp3) is 0.500. The lowest BCUT2D eigenvalue weighted by atomic mass is 9.96. The summed E-state index contributed by atoms with van der Waals surface area (Å²) in [6.45, 7) is 6.64. The quantitative estimate of drug-likeness (QED) is 0.375. The fourth-order valence-corrected chi connectivity index (χ4v) is 5.39. The van der Waals surface area contributed by atoms with Gasteiger partial charge < -0.3 is 15.4 Å². The Hall–Kier alpha value is -1.92. The van der Waals surface area contributed by atoms with Gasteiger partial charge in [0.15, 0.2) is 5.11 Å². The lowest BCUT2D eigenvalue weighted by Crippen LogP contribution is -2.20. The summed E-state index contributed by atoms with van der Waals surface area (Å²) in [4.78, 5) is 14.0. The first-order valence-corrected chi connectivity index (χ1v) is 12.3. The van der Waals surface area contributed by atoms with E-state index in [0.717, 1.165) is 41.9 Å². The van der Waals surface area contributed by atoms with E-state index >= 15 is 0 Å². The van der Waals surface area contributed by atoms with E-state index in [1.807, 2.05) is 6.92 Å². The van der Waals surface area contributed by atoms with Crippen LogP contribution in [0.5, 0.6) is 0 Å². The largest absolute Gasteiger partial charge is 0.462 e. The maximum Gasteiger partial charge on any atom is 0.341 e. The van der Waals surface area contributed by atoms with Crippen LogP contribution in [-0.4, -0.2) is 17.7 Å². The number of aryl methyl sites for hydroxylation is 1. The van der Waals surface area contributed by atoms with Crippen LogP contribution in [0.25, 0.3) is 0 Å². The summed E-state index contributed by atoms with van der Waals surface area (Å²) in [7, 11) is 0. The van der Waals surface area contributed by atoms with Gasteiger partial charge >= 0.3 is 5.97 Å². The van der Waals surface area contributed by atoms with E-state index in [4.69, 9.17) is 17.0 Å². The van der Waals surface area contributed by atoms with Gasteiger partial charge in [0.25, 0.3) is 0 Å². The minimum absolute atomic E-state index is 0.251. The van der Waals surface area contributed by atoms with Crippen molar-refractivity contribution >= 4 is 45.3 Å². The number of rotatable bonds is 6. The molecule has 6 heteroatoms. The predicted molar refractivity (Wildman–Crippen MR) is 131 cm³/mol. The summed E-state index contributed by atoms with van der Waals surface area (Å²) < 4.78 is 5.38. The minimum Gasteiger partial charge on any atom is -0.462 e. The van der Waals surface area contributed by atoms with Gasteiger partial charge in [-0.3, -0.25) is 0 Å². The molecule has 30 heavy (non-hydrogen) atoms. The number of esters is 1. The molecular formula is C24H32N2O2S2. The van der Waals surface area contributed by atoms with Crippen molar-refractivity contribution in [1.82, 2.24) is 0 Å². The van der Waals surface area contributed by atoms with Crippen molar-refractivity contribution in [2.24, 2.45) is 0 Å². The summed E-state index contributed by atoms with van der Waals surface area (Å²) >= 11 is 7.21. The van der Waals surface area contributed by atoms with Crippen molar-refractivity contribution in [3.05, 3.63) is 45.8 Å². The average molecular weight is 445 g/mol. The molecule has 1 aliphatic rings. The number of hydrogen-bond donors (Lipinski definition) is 2. The van der Waals surface area contributed by atoms with E-state index in [1.54, 1.807) is 11.3 Å². The van der Waals surface area contributed by atoms with Crippen molar-refractivity contribution in [2.75, 3.05) is 17.2 Å². The third-order valence-electron chi connectivity index (χ3n) is 5.73. The summed E-state index contributed by atoms with van der Waals surface area (Å²) in [5.41, 5.74) is 4.09. The Bertz CT molecular complexity index is 874. The highest BCUT2D eigenvalue weighted by molar-refractivity contribution is 7.80. The van der Waals surface area contributed by atoms with Crippen molar-refractivity contribution in [1.29, 1.82) is 0 Å². The number of thiophene rings is 1. The normalized spacial score (nSPS) is 14.8. The first-order chi connectivity index (χ1) is 14.5. The number of hydrogen-bond acceptors (Lipinski definition) is 4. The Morgan fingerprint density at radius 3 is 2.47 bits per heavy atom. The average Bonchev–Trinajstić information content (AvgIpc) is 3.04. The number of nitrogens with one attached hydrogen (secondary N) is 2. The molecule has 0 bridgehead atoms. The molecule has 1 aromatic carbocycles. The molecular weight excluding hydrogens is 412 g/mol. The summed E-state index contributed by atoms with van der Waals surface area (Å²) in [6, 6.07) is 8.38. The van der Waals surface area contributed by atoms with Gasteiger partial charge in [0.2, 0.25) is 0 Å². The Morgan fingerprint density at radius 2 is 1.80 bits per heavy atom. The Balaban J connectivity index is 1.78. The standard InChI is InChI=1S/C24H32N2O2S2/c1-4-16(3)17-12-14-18(15-13-17)25-24(29)26-22-21(23(27)28-5-2)19-10-8-6-7-9-11-20(19)30-22/h12-16H,4-11H2,1-3H3,(H2,25,26,29). The van der Waals surface area contributed by atoms with Crippen LogP contribution in [0.1, 0.15) is 85.2 Å². The lowest BCUT2D eigenvalue weighted by Gasteiger charge is -2.13. The first-order valence-electron chi connectivity index (χ1n) is 11.0. The molecule has 162 valence electrons. The van der Waals surface area contributed by atoms with Gasteiger partial charge in [0, 0.05) is 10.6 Å². The maximum absolute atomic E-state index is 12.7. The van der Waals surface area contributed by atoms with Gasteiger partial charge in [-0.2, -0.15) is 0 Å². The van der Waals surface area contributed by atoms with E-state index in [1.165, 1.54) is 29.7 Å². The van der Waals surface area contributed by atoms with E-state index in [-0.39, 0.29) is 5.97 Å². The molecule has 1 atom stereocenters. The summed E-state index contributed by atoms with van der Waals surface area (Å²) in [6.07, 6.45) is 7.81. The van der Waals surface area contributed by atoms with Crippen LogP contribution in [0.15, 0.2) is 24.3 Å². The zero-order valence-corrected chi connectivity index (χ0v) is 19.8. The van der Waals surface area contributed by atoms with Gasteiger partial charge in [-0.15, -0.1) is 11.3 Å². The molecule has 0 radical (unpaired) electrons. The van der Waals surface area contributed by atoms with Gasteiger partial charge in [0.1, 0.15) is 5.00 Å². The van der Waals surface area contributed by atoms with Crippen LogP contribution in [0.3, 0.4) is 0 Å². The van der Waals surface area contributed by atoms with E-state index < -0.39 is 0 Å². The van der Waals surface area contributed by atoms with Crippen LogP contribution in [0.2, 0.25) is 0 Å². The highest BCUT2D eigenvalue weighted by Gasteiger charge is 2.25. The Kier molecular flexibility index (Phi) is 8.28. The summed E-state index contributed by atoms with van der Waals surface area (Å²) in [5, 5.41) is 7.83. The maximum atomic E-state index is 12.7. The van der Waals surface area contributed by atoms with Crippen molar-refractivity contribution in [2.45, 2.75) is 71.6 Å². The molecule has 1 aromatic heterocycles. The molecule has 1 unspecified atom stereocenters. The summed E-state index contributed by atoms with van der Waals surface area (Å²) in [5.74, 6) is 0.292. The van der Waals surface area contributed by atoms with Crippen LogP contribution < -0.4 is 10.6 Å². The van der Waals surface area contributed by atoms with E-state index in [2.05, 4.69) is 48.7 Å². The molecule has 2 aromatic rings. The van der Waals surface area contributed by atoms with Crippen molar-refractivity contribution in [3.8, 4) is 0 Å². The van der Waals surface area contributed by atoms with Crippen molar-refractivity contribution in [3.63, 3.8) is 0 Å². The zero-order valence-electron chi connectivity index (χ0n) is 18.2. The highest BCUT2D eigenvalue weighted by Crippen LogP contribution is 2.37. The van der Waals surface area contributed by atoms with Gasteiger partial charge in [-0.25, -0.2) is 4.79 Å². The van der Waals surface area contributed by atoms with Gasteiger partial charge in [0.05, 0.1) is 12.2 Å². The molecule has 0 amide bonds. The zero-order chi connectivity index (χ0) is 21.5. The van der Waals surface area contributed by atoms with Gasteiger partial charge in [-0.05, 0) is 80.4 Å². The third-order valence-corrected chi connectivity index (χ3v) is 7.14. The second-order valence-electron chi connectivity index (χ2n) is 7.85. The third kappa shape index (κ3) is 5.61. The molecule has 0 saturated heterocycles. The van der Waals surface area contributed by atoms with Crippen molar-refractivity contribution < 1.29 is 9.53 Å². The highest BCUT2D eigenvalue weighted by atomic mass is 32.1. The number of fused-ring (bicyclic) bond motifs is 1. The fourth-order valence-electron chi connectivity index (χ4n) is 3.82. The second kappa shape index (κ2) is 10.9. The molecule has 0 saturated carbocycles. The molecule has 1 aliphatic carbocycles. The predicted octanol–water partition coefficient (Wildman–Crippen LogP) is 6.91. The van der Waals surface area contributed by atoms with Gasteiger partial charge in [-0.1, -0.05) is 38.8 Å². The molecule has 4 nitrogen and oxygen atoms in total. The number of ether oxygens (including phenoxy) is 1. The van der Waals surface area contributed by atoms with Crippen LogP contribution in [-0.2, 0) is 17.6 Å². The molecule has 0 spiro atoms. The van der Waals surface area contributed by atoms with E-state index in [9.17, 15) is 4.79 Å². The van der Waals surface area contributed by atoms with E-state index in [0.29, 0.717) is 23.2 Å². The number of benzene rings is 1. The van der Waals surface area contributed by atoms with Crippen LogP contribution >= 0.6 is 23.6 Å². The molecule has 3 rings (SSSR count). The Labute approximate surface area is 189 Å². The number of carbonyl (C=O) groups excluding carboxylic acids is 1. The lowest BCUT2D eigenvalue weighted by molar-refractivity contribution is 0.0526. The first kappa shape index (κ1) is 22.8. The van der Waals surface area contributed by atoms with Crippen LogP contribution in [0.4, 0.5) is 10.7 Å². The number of anilines is 2. The monoisotopic (exact) mass is 444 g/mol. The smallest absolute Gasteiger partial charge is 0.341 e. The number of thiocarbonyl (C=S) groups is 1. The second-order valence-corrected chi connectivity index (χ2v) is 9.37. The topological polar surface area (TPSA) is 50.4 Å². The SMILES string of the molecule is CCOC(=O)c1c(NC(=S)Nc2ccc(C(C)CC)cc2)sc2c1CCCCCC2. The molecule has 2 N–H and O–H groups in total.